The lowest BCUT2D eigenvalue weighted by molar-refractivity contribution is -0.125. The minimum absolute atomic E-state index is 0.0908. The van der Waals surface area contributed by atoms with Crippen LogP contribution in [0.3, 0.4) is 0 Å². The normalized spacial score (nSPS) is 19.4. The number of carbonyl (C=O) groups excluding carboxylic acids is 2. The Morgan fingerprint density at radius 3 is 2.81 bits per heavy atom. The van der Waals surface area contributed by atoms with E-state index in [1.807, 2.05) is 13.0 Å². The third-order valence-electron chi connectivity index (χ3n) is 6.12. The van der Waals surface area contributed by atoms with E-state index in [9.17, 15) is 18.0 Å². The first-order valence-electron chi connectivity index (χ1n) is 11.3. The quantitative estimate of drug-likeness (QED) is 0.458. The molecule has 186 valence electrons. The van der Waals surface area contributed by atoms with Gasteiger partial charge in [0.05, 0.1) is 23.2 Å². The molecule has 2 atom stereocenters. The number of benzene rings is 2. The van der Waals surface area contributed by atoms with Gasteiger partial charge in [-0.3, -0.25) is 14.6 Å². The van der Waals surface area contributed by atoms with E-state index >= 15 is 0 Å². The number of nitrogens with zero attached hydrogens (tertiary/aromatic N) is 4. The number of carbonyl (C=O) groups is 2. The number of hydrogen-bond acceptors (Lipinski definition) is 8. The molecule has 0 saturated carbocycles. The molecule has 2 aliphatic heterocycles. The van der Waals surface area contributed by atoms with Gasteiger partial charge in [0.15, 0.2) is 0 Å². The third-order valence-corrected chi connectivity index (χ3v) is 7.46. The highest BCUT2D eigenvalue weighted by atomic mass is 32.2. The fraction of sp³-hybridized carbons (Fsp3) is 0.250. The topological polar surface area (TPSA) is 136 Å². The fourth-order valence-electron chi connectivity index (χ4n) is 4.21. The molecule has 3 heterocycles. The molecule has 2 aromatic carbocycles. The predicted molar refractivity (Wildman–Crippen MR) is 128 cm³/mol. The summed E-state index contributed by atoms with van der Waals surface area (Å²) in [6, 6.07) is 10.7. The molecular weight excluding hydrogens is 484 g/mol. The minimum atomic E-state index is -3.91. The molecule has 36 heavy (non-hydrogen) atoms. The maximum absolute atomic E-state index is 12.9. The van der Waals surface area contributed by atoms with Crippen LogP contribution in [0.4, 0.5) is 0 Å². The van der Waals surface area contributed by atoms with Crippen molar-refractivity contribution in [3.63, 3.8) is 0 Å². The summed E-state index contributed by atoms with van der Waals surface area (Å²) < 4.78 is 33.2. The Morgan fingerprint density at radius 1 is 1.22 bits per heavy atom. The van der Waals surface area contributed by atoms with Gasteiger partial charge in [0.1, 0.15) is 18.1 Å². The monoisotopic (exact) mass is 508 g/mol. The van der Waals surface area contributed by atoms with Gasteiger partial charge in [-0.2, -0.15) is 0 Å². The second kappa shape index (κ2) is 9.55. The number of nitrogens with one attached hydrogen (secondary N) is 2. The highest BCUT2D eigenvalue weighted by Crippen LogP contribution is 2.34. The van der Waals surface area contributed by atoms with Gasteiger partial charge < -0.3 is 10.1 Å². The van der Waals surface area contributed by atoms with Crippen LogP contribution in [0.25, 0.3) is 0 Å². The summed E-state index contributed by atoms with van der Waals surface area (Å²) in [5.41, 5.74) is 2.86. The lowest BCUT2D eigenvalue weighted by Crippen LogP contribution is -2.54. The molecular formula is C24H24N6O5S. The van der Waals surface area contributed by atoms with Gasteiger partial charge in [-0.25, -0.2) is 13.1 Å². The number of fused-ring (bicyclic) bond motifs is 1. The number of aromatic nitrogens is 3. The maximum atomic E-state index is 12.9. The molecule has 11 nitrogen and oxygen atoms in total. The summed E-state index contributed by atoms with van der Waals surface area (Å²) >= 11 is 0. The number of hydrogen-bond donors (Lipinski definition) is 2. The zero-order chi connectivity index (χ0) is 25.3. The number of aldehydes is 1. The van der Waals surface area contributed by atoms with Crippen molar-refractivity contribution in [2.75, 3.05) is 6.61 Å². The second-order valence-electron chi connectivity index (χ2n) is 8.62. The Labute approximate surface area is 207 Å². The van der Waals surface area contributed by atoms with E-state index in [2.05, 4.69) is 20.5 Å². The van der Waals surface area contributed by atoms with E-state index in [1.165, 1.54) is 29.5 Å². The molecule has 0 spiro atoms. The molecule has 0 fully saturated rings. The van der Waals surface area contributed by atoms with Crippen molar-refractivity contribution in [2.24, 2.45) is 0 Å². The van der Waals surface area contributed by atoms with Gasteiger partial charge in [0.2, 0.25) is 5.91 Å². The Hall–Kier alpha value is -4.03. The van der Waals surface area contributed by atoms with Crippen LogP contribution in [0.2, 0.25) is 0 Å². The first-order chi connectivity index (χ1) is 17.3. The summed E-state index contributed by atoms with van der Waals surface area (Å²) in [4.78, 5) is 26.3. The first kappa shape index (κ1) is 23.7. The Balaban J connectivity index is 1.35. The molecule has 3 aromatic rings. The Bertz CT molecular complexity index is 1430. The second-order valence-corrected chi connectivity index (χ2v) is 10.3. The van der Waals surface area contributed by atoms with Crippen molar-refractivity contribution in [3.05, 3.63) is 83.4 Å². The van der Waals surface area contributed by atoms with Crippen LogP contribution in [0, 0.1) is 6.92 Å². The molecule has 2 N–H and O–H groups in total. The van der Waals surface area contributed by atoms with Crippen LogP contribution >= 0.6 is 0 Å². The highest BCUT2D eigenvalue weighted by molar-refractivity contribution is 7.89. The van der Waals surface area contributed by atoms with E-state index in [4.69, 9.17) is 4.74 Å². The molecule has 1 amide bonds. The molecule has 12 heteroatoms. The molecule has 0 saturated heterocycles. The van der Waals surface area contributed by atoms with Crippen LogP contribution in [-0.2, 0) is 21.2 Å². The first-order valence-corrected chi connectivity index (χ1v) is 12.8. The summed E-state index contributed by atoms with van der Waals surface area (Å²) in [6.45, 7) is 2.33. The zero-order valence-corrected chi connectivity index (χ0v) is 20.2. The van der Waals surface area contributed by atoms with E-state index < -0.39 is 16.1 Å². The van der Waals surface area contributed by atoms with Crippen LogP contribution in [0.5, 0.6) is 5.75 Å². The fourth-order valence-corrected chi connectivity index (χ4v) is 5.28. The Kier molecular flexibility index (Phi) is 6.29. The van der Waals surface area contributed by atoms with Crippen molar-refractivity contribution in [3.8, 4) is 5.75 Å². The van der Waals surface area contributed by atoms with Crippen LogP contribution in [0.1, 0.15) is 39.6 Å². The third kappa shape index (κ3) is 4.72. The smallest absolute Gasteiger partial charge is 0.257 e. The van der Waals surface area contributed by atoms with Gasteiger partial charge >= 0.3 is 0 Å². The minimum Gasteiger partial charge on any atom is -0.493 e. The molecule has 0 radical (unpaired) electrons. The number of sulfonamides is 1. The van der Waals surface area contributed by atoms with Crippen molar-refractivity contribution in [1.29, 1.82) is 0 Å². The molecule has 1 aromatic heterocycles. The van der Waals surface area contributed by atoms with Crippen molar-refractivity contribution in [1.82, 2.24) is 30.2 Å². The van der Waals surface area contributed by atoms with Gasteiger partial charge in [-0.05, 0) is 25.1 Å². The van der Waals surface area contributed by atoms with Crippen LogP contribution < -0.4 is 14.9 Å². The van der Waals surface area contributed by atoms with Gasteiger partial charge in [0, 0.05) is 42.6 Å². The zero-order valence-electron chi connectivity index (χ0n) is 19.4. The SMILES string of the molecule is Cc1ccc(S(=O)(=O)NN2C=CNC(=O)[C@H]2Cc2cn([C@@H]3CCOc4cc(C=O)ccc43)nn2)cc1. The largest absolute Gasteiger partial charge is 0.493 e. The average Bonchev–Trinajstić information content (AvgIpc) is 3.34. The van der Waals surface area contributed by atoms with Gasteiger partial charge in [-0.15, -0.1) is 9.93 Å². The van der Waals surface area contributed by atoms with E-state index in [-0.39, 0.29) is 23.3 Å². The lowest BCUT2D eigenvalue weighted by atomic mass is 9.99. The van der Waals surface area contributed by atoms with Crippen LogP contribution in [-0.4, -0.2) is 53.3 Å². The van der Waals surface area contributed by atoms with Crippen molar-refractivity contribution < 1.29 is 22.7 Å². The van der Waals surface area contributed by atoms with E-state index in [0.29, 0.717) is 30.0 Å². The molecule has 2 aliphatic rings. The number of amides is 1. The van der Waals surface area contributed by atoms with E-state index in [1.54, 1.807) is 35.1 Å². The Morgan fingerprint density at radius 2 is 2.03 bits per heavy atom. The number of hydrazine groups is 1. The predicted octanol–water partition coefficient (Wildman–Crippen LogP) is 1.48. The van der Waals surface area contributed by atoms with E-state index in [0.717, 1.165) is 17.4 Å². The number of aryl methyl sites for hydroxylation is 1. The van der Waals surface area contributed by atoms with Crippen molar-refractivity contribution >= 4 is 22.2 Å². The molecule has 5 rings (SSSR count). The van der Waals surface area contributed by atoms with Crippen LogP contribution in [0.15, 0.2) is 66.0 Å². The maximum Gasteiger partial charge on any atom is 0.257 e. The highest BCUT2D eigenvalue weighted by Gasteiger charge is 2.32. The molecule has 0 aliphatic carbocycles. The molecule has 0 bridgehead atoms. The summed E-state index contributed by atoms with van der Waals surface area (Å²) in [5, 5.41) is 12.4. The number of ether oxygens (including phenoxy) is 1. The summed E-state index contributed by atoms with van der Waals surface area (Å²) in [6.07, 6.45) is 6.12. The van der Waals surface area contributed by atoms with Gasteiger partial charge in [-0.1, -0.05) is 35.0 Å². The number of rotatable bonds is 7. The summed E-state index contributed by atoms with van der Waals surface area (Å²) in [7, 11) is -3.91. The van der Waals surface area contributed by atoms with Gasteiger partial charge in [0.25, 0.3) is 10.0 Å². The average molecular weight is 509 g/mol. The lowest BCUT2D eigenvalue weighted by Gasteiger charge is -2.31. The standard InChI is InChI=1S/C24H24N6O5S/c1-16-2-5-19(6-3-16)36(33,34)28-29-10-9-25-24(32)22(29)13-18-14-30(27-26-18)21-8-11-35-23-12-17(15-31)4-7-20(21)23/h2-7,9-10,12,14-15,21-22,28H,8,11,13H2,1H3,(H,25,32)/t21-,22-/m1/s1. The summed E-state index contributed by atoms with van der Waals surface area (Å²) in [5.74, 6) is 0.248. The van der Waals surface area contributed by atoms with Crippen molar-refractivity contribution in [2.45, 2.75) is 36.7 Å². The molecule has 0 unspecified atom stereocenters.